The quantitative estimate of drug-likeness (QED) is 0.581. The van der Waals surface area contributed by atoms with Crippen LogP contribution in [0.3, 0.4) is 0 Å². The summed E-state index contributed by atoms with van der Waals surface area (Å²) < 4.78 is 28.0. The number of aromatic nitrogens is 1. The Labute approximate surface area is 203 Å². The summed E-state index contributed by atoms with van der Waals surface area (Å²) in [6, 6.07) is 16.1. The fraction of sp³-hybridized carbons (Fsp3) is 0.208. The molecule has 1 aliphatic rings. The average molecular weight is 499 g/mol. The zero-order valence-corrected chi connectivity index (χ0v) is 20.0. The Bertz CT molecular complexity index is 1310. The van der Waals surface area contributed by atoms with Gasteiger partial charge in [-0.05, 0) is 61.0 Å². The minimum Gasteiger partial charge on any atom is -0.335 e. The molecular formula is C24H23ClN4O4S. The van der Waals surface area contributed by atoms with Crippen molar-refractivity contribution in [2.75, 3.05) is 30.9 Å². The van der Waals surface area contributed by atoms with Crippen molar-refractivity contribution in [1.82, 2.24) is 14.8 Å². The molecule has 0 aliphatic carbocycles. The lowest BCUT2D eigenvalue weighted by Gasteiger charge is -2.34. The van der Waals surface area contributed by atoms with Crippen LogP contribution in [0.15, 0.2) is 71.8 Å². The molecule has 1 N–H and O–H groups in total. The highest BCUT2D eigenvalue weighted by Crippen LogP contribution is 2.25. The molecule has 10 heteroatoms. The molecule has 0 spiro atoms. The highest BCUT2D eigenvalue weighted by Gasteiger charge is 2.26. The van der Waals surface area contributed by atoms with E-state index in [1.165, 1.54) is 6.07 Å². The van der Waals surface area contributed by atoms with Gasteiger partial charge in [-0.2, -0.15) is 0 Å². The van der Waals surface area contributed by atoms with Crippen LogP contribution in [-0.2, 0) is 10.0 Å². The molecule has 4 rings (SSSR count). The monoisotopic (exact) mass is 498 g/mol. The summed E-state index contributed by atoms with van der Waals surface area (Å²) >= 11 is 6.05. The number of rotatable bonds is 5. The maximum Gasteiger partial charge on any atom is 0.272 e. The summed E-state index contributed by atoms with van der Waals surface area (Å²) in [7, 11) is -3.83. The number of nitrogens with zero attached hydrogens (tertiary/aromatic N) is 3. The zero-order chi connectivity index (χ0) is 24.3. The second kappa shape index (κ2) is 9.82. The van der Waals surface area contributed by atoms with Gasteiger partial charge in [0, 0.05) is 48.6 Å². The Hall–Kier alpha value is -3.43. The molecule has 0 atom stereocenters. The first-order valence-corrected chi connectivity index (χ1v) is 12.5. The molecule has 0 saturated carbocycles. The topological polar surface area (TPSA) is 99.7 Å². The lowest BCUT2D eigenvalue weighted by atomic mass is 10.1. The second-order valence-corrected chi connectivity index (χ2v) is 9.90. The minimum absolute atomic E-state index is 0.0956. The van der Waals surface area contributed by atoms with E-state index in [9.17, 15) is 18.0 Å². The molecule has 0 radical (unpaired) electrons. The summed E-state index contributed by atoms with van der Waals surface area (Å²) in [5.74, 6) is -0.329. The van der Waals surface area contributed by atoms with E-state index in [2.05, 4.69) is 9.71 Å². The van der Waals surface area contributed by atoms with Gasteiger partial charge in [0.05, 0.1) is 4.90 Å². The normalized spacial score (nSPS) is 14.1. The van der Waals surface area contributed by atoms with Gasteiger partial charge in [0.2, 0.25) is 0 Å². The van der Waals surface area contributed by atoms with Gasteiger partial charge in [-0.15, -0.1) is 0 Å². The number of carbonyl (C=O) groups excluding carboxylic acids is 2. The first-order valence-electron chi connectivity index (χ1n) is 10.6. The van der Waals surface area contributed by atoms with E-state index >= 15 is 0 Å². The van der Waals surface area contributed by atoms with Gasteiger partial charge < -0.3 is 9.80 Å². The predicted molar refractivity (Wildman–Crippen MR) is 129 cm³/mol. The van der Waals surface area contributed by atoms with E-state index in [0.717, 1.165) is 0 Å². The molecule has 3 aromatic rings. The standard InChI is InChI=1S/C24H23ClN4O4S/c1-17-20(25)5-4-7-22(17)34(32,33)27-19-10-8-18(9-11-19)23(30)28-13-15-29(16-14-28)24(31)21-6-2-3-12-26-21/h2-12,27H,13-16H2,1H3. The van der Waals surface area contributed by atoms with E-state index in [0.29, 0.717) is 53.7 Å². The van der Waals surface area contributed by atoms with E-state index < -0.39 is 10.0 Å². The highest BCUT2D eigenvalue weighted by atomic mass is 35.5. The van der Waals surface area contributed by atoms with Crippen LogP contribution in [0.4, 0.5) is 5.69 Å². The van der Waals surface area contributed by atoms with E-state index in [1.54, 1.807) is 77.5 Å². The number of amides is 2. The molecule has 2 aromatic carbocycles. The van der Waals surface area contributed by atoms with Crippen LogP contribution in [0, 0.1) is 6.92 Å². The van der Waals surface area contributed by atoms with Crippen molar-refractivity contribution in [3.63, 3.8) is 0 Å². The molecule has 1 fully saturated rings. The van der Waals surface area contributed by atoms with Gasteiger partial charge in [0.15, 0.2) is 0 Å². The number of hydrogen-bond acceptors (Lipinski definition) is 5. The Morgan fingerprint density at radius 1 is 0.882 bits per heavy atom. The van der Waals surface area contributed by atoms with Crippen LogP contribution in [0.1, 0.15) is 26.4 Å². The number of hydrogen-bond donors (Lipinski definition) is 1. The van der Waals surface area contributed by atoms with E-state index in [4.69, 9.17) is 11.6 Å². The minimum atomic E-state index is -3.83. The van der Waals surface area contributed by atoms with Crippen LogP contribution in [0.5, 0.6) is 0 Å². The van der Waals surface area contributed by atoms with Crippen LogP contribution >= 0.6 is 11.6 Å². The predicted octanol–water partition coefficient (Wildman–Crippen LogP) is 3.44. The highest BCUT2D eigenvalue weighted by molar-refractivity contribution is 7.92. The van der Waals surface area contributed by atoms with Gasteiger partial charge in [0.1, 0.15) is 5.69 Å². The van der Waals surface area contributed by atoms with E-state index in [1.807, 2.05) is 0 Å². The summed E-state index contributed by atoms with van der Waals surface area (Å²) in [5.41, 5.74) is 1.62. The number of piperazine rings is 1. The molecule has 0 bridgehead atoms. The third-order valence-corrected chi connectivity index (χ3v) is 7.56. The van der Waals surface area contributed by atoms with Crippen LogP contribution < -0.4 is 4.72 Å². The smallest absolute Gasteiger partial charge is 0.272 e. The molecule has 2 amide bonds. The Morgan fingerprint density at radius 2 is 1.53 bits per heavy atom. The van der Waals surface area contributed by atoms with Crippen molar-refractivity contribution >= 4 is 39.1 Å². The second-order valence-electron chi connectivity index (χ2n) is 7.85. The molecule has 176 valence electrons. The molecule has 1 saturated heterocycles. The largest absolute Gasteiger partial charge is 0.335 e. The van der Waals surface area contributed by atoms with Crippen molar-refractivity contribution in [2.24, 2.45) is 0 Å². The number of halogens is 1. The number of nitrogens with one attached hydrogen (secondary N) is 1. The van der Waals surface area contributed by atoms with Gasteiger partial charge in [-0.3, -0.25) is 19.3 Å². The summed E-state index contributed by atoms with van der Waals surface area (Å²) in [6.45, 7) is 3.28. The third-order valence-electron chi connectivity index (χ3n) is 5.63. The van der Waals surface area contributed by atoms with Crippen LogP contribution in [0.25, 0.3) is 0 Å². The van der Waals surface area contributed by atoms with Crippen LogP contribution in [0.2, 0.25) is 5.02 Å². The lowest BCUT2D eigenvalue weighted by Crippen LogP contribution is -2.50. The molecule has 1 aromatic heterocycles. The first kappa shape index (κ1) is 23.7. The summed E-state index contributed by atoms with van der Waals surface area (Å²) in [4.78, 5) is 33.0. The van der Waals surface area contributed by atoms with Crippen molar-refractivity contribution in [3.8, 4) is 0 Å². The molecular weight excluding hydrogens is 476 g/mol. The number of sulfonamides is 1. The van der Waals surface area contributed by atoms with Gasteiger partial charge in [0.25, 0.3) is 21.8 Å². The Kier molecular flexibility index (Phi) is 6.85. The lowest BCUT2D eigenvalue weighted by molar-refractivity contribution is 0.0532. The zero-order valence-electron chi connectivity index (χ0n) is 18.4. The number of anilines is 1. The van der Waals surface area contributed by atoms with Crippen molar-refractivity contribution in [1.29, 1.82) is 0 Å². The molecule has 8 nitrogen and oxygen atoms in total. The van der Waals surface area contributed by atoms with E-state index in [-0.39, 0.29) is 16.7 Å². The summed E-state index contributed by atoms with van der Waals surface area (Å²) in [5, 5.41) is 0.366. The van der Waals surface area contributed by atoms with Gasteiger partial charge in [-0.1, -0.05) is 23.7 Å². The first-order chi connectivity index (χ1) is 16.3. The number of benzene rings is 2. The van der Waals surface area contributed by atoms with Gasteiger partial charge in [-0.25, -0.2) is 8.42 Å². The Balaban J connectivity index is 1.38. The maximum atomic E-state index is 12.9. The number of carbonyl (C=O) groups is 2. The third kappa shape index (κ3) is 5.05. The van der Waals surface area contributed by atoms with Crippen LogP contribution in [-0.4, -0.2) is 61.2 Å². The Morgan fingerprint density at radius 3 is 2.15 bits per heavy atom. The molecule has 34 heavy (non-hydrogen) atoms. The molecule has 0 unspecified atom stereocenters. The van der Waals surface area contributed by atoms with Gasteiger partial charge >= 0.3 is 0 Å². The molecule has 1 aliphatic heterocycles. The van der Waals surface area contributed by atoms with Crippen molar-refractivity contribution in [3.05, 3.63) is 88.7 Å². The summed E-state index contributed by atoms with van der Waals surface area (Å²) in [6.07, 6.45) is 1.58. The van der Waals surface area contributed by atoms with Crippen molar-refractivity contribution < 1.29 is 18.0 Å². The number of pyridine rings is 1. The fourth-order valence-electron chi connectivity index (χ4n) is 3.72. The molecule has 2 heterocycles. The van der Waals surface area contributed by atoms with Crippen molar-refractivity contribution in [2.45, 2.75) is 11.8 Å². The fourth-order valence-corrected chi connectivity index (χ4v) is 5.27. The maximum absolute atomic E-state index is 12.9. The SMILES string of the molecule is Cc1c(Cl)cccc1S(=O)(=O)Nc1ccc(C(=O)N2CCN(C(=O)c3ccccn3)CC2)cc1. The average Bonchev–Trinajstić information content (AvgIpc) is 2.85.